The van der Waals surface area contributed by atoms with Crippen LogP contribution < -0.4 is 10.2 Å². The van der Waals surface area contributed by atoms with E-state index in [4.69, 9.17) is 0 Å². The van der Waals surface area contributed by atoms with Gasteiger partial charge in [0.1, 0.15) is 0 Å². The van der Waals surface area contributed by atoms with Gasteiger partial charge in [-0.15, -0.1) is 0 Å². The largest absolute Gasteiger partial charge is 0.355 e. The Labute approximate surface area is 160 Å². The molecule has 27 heavy (non-hydrogen) atoms. The fraction of sp³-hybridized carbons (Fsp3) is 0.0400. The number of nitrogens with zero attached hydrogens (tertiary/aromatic N) is 1. The highest BCUT2D eigenvalue weighted by Crippen LogP contribution is 2.35. The van der Waals surface area contributed by atoms with E-state index >= 15 is 0 Å². The molecule has 0 atom stereocenters. The standard InChI is InChI=1S/C25H22N2/c1-20-15-17-24(18-16-20)27(23-12-6-3-7-13-23)25-14-8-11-22(19-25)26-21-9-4-2-5-10-21/h2-19,26H,1H3. The van der Waals surface area contributed by atoms with Crippen LogP contribution in [0.3, 0.4) is 0 Å². The van der Waals surface area contributed by atoms with Crippen LogP contribution in [-0.2, 0) is 0 Å². The number of para-hydroxylation sites is 2. The van der Waals surface area contributed by atoms with Gasteiger partial charge in [0.05, 0.1) is 0 Å². The quantitative estimate of drug-likeness (QED) is 0.409. The van der Waals surface area contributed by atoms with Crippen molar-refractivity contribution < 1.29 is 0 Å². The monoisotopic (exact) mass is 350 g/mol. The van der Waals surface area contributed by atoms with Gasteiger partial charge >= 0.3 is 0 Å². The van der Waals surface area contributed by atoms with E-state index in [1.165, 1.54) is 5.56 Å². The van der Waals surface area contributed by atoms with E-state index in [1.807, 2.05) is 24.3 Å². The number of hydrogen-bond donors (Lipinski definition) is 1. The Kier molecular flexibility index (Phi) is 4.88. The second-order valence-electron chi connectivity index (χ2n) is 6.55. The van der Waals surface area contributed by atoms with Crippen molar-refractivity contribution in [1.82, 2.24) is 0 Å². The molecular formula is C25H22N2. The smallest absolute Gasteiger partial charge is 0.0482 e. The third kappa shape index (κ3) is 4.01. The third-order valence-electron chi connectivity index (χ3n) is 4.47. The van der Waals surface area contributed by atoms with Gasteiger partial charge in [-0.25, -0.2) is 0 Å². The lowest BCUT2D eigenvalue weighted by molar-refractivity contribution is 1.27. The molecule has 0 spiro atoms. The zero-order valence-electron chi connectivity index (χ0n) is 15.3. The number of benzene rings is 4. The van der Waals surface area contributed by atoms with E-state index in [1.54, 1.807) is 0 Å². The first-order chi connectivity index (χ1) is 13.3. The second-order valence-corrected chi connectivity index (χ2v) is 6.55. The first-order valence-corrected chi connectivity index (χ1v) is 9.13. The van der Waals surface area contributed by atoms with Crippen LogP contribution in [0.4, 0.5) is 28.4 Å². The molecule has 2 nitrogen and oxygen atoms in total. The predicted octanol–water partition coefficient (Wildman–Crippen LogP) is 7.21. The first-order valence-electron chi connectivity index (χ1n) is 9.13. The Hall–Kier alpha value is -3.52. The topological polar surface area (TPSA) is 15.3 Å². The summed E-state index contributed by atoms with van der Waals surface area (Å²) >= 11 is 0. The molecule has 0 fully saturated rings. The summed E-state index contributed by atoms with van der Waals surface area (Å²) in [4.78, 5) is 2.27. The third-order valence-corrected chi connectivity index (χ3v) is 4.47. The molecule has 0 saturated carbocycles. The number of hydrogen-bond acceptors (Lipinski definition) is 2. The van der Waals surface area contributed by atoms with Crippen LogP contribution in [0.2, 0.25) is 0 Å². The van der Waals surface area contributed by atoms with E-state index in [2.05, 4.69) is 102 Å². The molecule has 0 radical (unpaired) electrons. The van der Waals surface area contributed by atoms with Gasteiger partial charge in [-0.3, -0.25) is 0 Å². The van der Waals surface area contributed by atoms with Crippen LogP contribution in [0.25, 0.3) is 0 Å². The summed E-state index contributed by atoms with van der Waals surface area (Å²) in [6, 6.07) is 37.8. The maximum Gasteiger partial charge on any atom is 0.0482 e. The lowest BCUT2D eigenvalue weighted by Gasteiger charge is -2.26. The Bertz CT molecular complexity index is 993. The van der Waals surface area contributed by atoms with Gasteiger partial charge in [-0.1, -0.05) is 60.2 Å². The number of nitrogens with one attached hydrogen (secondary N) is 1. The molecule has 0 heterocycles. The van der Waals surface area contributed by atoms with Gasteiger partial charge in [0, 0.05) is 28.4 Å². The van der Waals surface area contributed by atoms with Crippen molar-refractivity contribution >= 4 is 28.4 Å². The first kappa shape index (κ1) is 16.9. The minimum Gasteiger partial charge on any atom is -0.355 e. The second kappa shape index (κ2) is 7.79. The van der Waals surface area contributed by atoms with Crippen LogP contribution in [0.5, 0.6) is 0 Å². The van der Waals surface area contributed by atoms with Crippen LogP contribution in [0, 0.1) is 6.92 Å². The van der Waals surface area contributed by atoms with Gasteiger partial charge in [0.25, 0.3) is 0 Å². The molecule has 0 aliphatic rings. The Morgan fingerprint density at radius 2 is 1.07 bits per heavy atom. The highest BCUT2D eigenvalue weighted by Gasteiger charge is 2.12. The highest BCUT2D eigenvalue weighted by molar-refractivity contribution is 5.79. The maximum absolute atomic E-state index is 3.48. The summed E-state index contributed by atoms with van der Waals surface area (Å²) in [7, 11) is 0. The fourth-order valence-corrected chi connectivity index (χ4v) is 3.13. The SMILES string of the molecule is Cc1ccc(N(c2ccccc2)c2cccc(Nc3ccccc3)c2)cc1. The molecule has 4 aromatic carbocycles. The van der Waals surface area contributed by atoms with Gasteiger partial charge in [-0.2, -0.15) is 0 Å². The van der Waals surface area contributed by atoms with E-state index in [0.717, 1.165) is 28.4 Å². The van der Waals surface area contributed by atoms with E-state index in [-0.39, 0.29) is 0 Å². The molecule has 0 unspecified atom stereocenters. The molecule has 0 aliphatic heterocycles. The normalized spacial score (nSPS) is 10.4. The zero-order chi connectivity index (χ0) is 18.5. The Balaban J connectivity index is 1.74. The fourth-order valence-electron chi connectivity index (χ4n) is 3.13. The average molecular weight is 350 g/mol. The molecule has 0 amide bonds. The molecule has 0 bridgehead atoms. The summed E-state index contributed by atoms with van der Waals surface area (Å²) in [5, 5.41) is 3.48. The van der Waals surface area contributed by atoms with Crippen molar-refractivity contribution in [2.75, 3.05) is 10.2 Å². The number of aryl methyl sites for hydroxylation is 1. The summed E-state index contributed by atoms with van der Waals surface area (Å²) in [6.07, 6.45) is 0. The minimum absolute atomic E-state index is 1.06. The van der Waals surface area contributed by atoms with Crippen molar-refractivity contribution in [2.45, 2.75) is 6.92 Å². The summed E-state index contributed by atoms with van der Waals surface area (Å²) in [5.41, 5.74) is 6.79. The van der Waals surface area contributed by atoms with Crippen LogP contribution >= 0.6 is 0 Å². The Morgan fingerprint density at radius 1 is 0.519 bits per heavy atom. The van der Waals surface area contributed by atoms with Crippen molar-refractivity contribution in [3.8, 4) is 0 Å². The van der Waals surface area contributed by atoms with Gasteiger partial charge in [-0.05, 0) is 61.5 Å². The summed E-state index contributed by atoms with van der Waals surface area (Å²) in [6.45, 7) is 2.11. The molecule has 0 saturated heterocycles. The van der Waals surface area contributed by atoms with E-state index < -0.39 is 0 Å². The van der Waals surface area contributed by atoms with Crippen molar-refractivity contribution in [2.24, 2.45) is 0 Å². The van der Waals surface area contributed by atoms with Gasteiger partial charge < -0.3 is 10.2 Å². The van der Waals surface area contributed by atoms with Crippen molar-refractivity contribution in [3.05, 3.63) is 115 Å². The van der Waals surface area contributed by atoms with Gasteiger partial charge in [0.15, 0.2) is 0 Å². The summed E-state index contributed by atoms with van der Waals surface area (Å²) in [5.74, 6) is 0. The van der Waals surface area contributed by atoms with Crippen molar-refractivity contribution in [3.63, 3.8) is 0 Å². The molecule has 0 aromatic heterocycles. The van der Waals surface area contributed by atoms with Crippen LogP contribution in [-0.4, -0.2) is 0 Å². The van der Waals surface area contributed by atoms with Crippen molar-refractivity contribution in [1.29, 1.82) is 0 Å². The van der Waals surface area contributed by atoms with E-state index in [0.29, 0.717) is 0 Å². The number of anilines is 5. The zero-order valence-corrected chi connectivity index (χ0v) is 15.3. The molecule has 2 heteroatoms. The summed E-state index contributed by atoms with van der Waals surface area (Å²) < 4.78 is 0. The molecule has 0 aliphatic carbocycles. The number of rotatable bonds is 5. The lowest BCUT2D eigenvalue weighted by atomic mass is 10.1. The molecule has 132 valence electrons. The van der Waals surface area contributed by atoms with E-state index in [9.17, 15) is 0 Å². The Morgan fingerprint density at radius 3 is 1.78 bits per heavy atom. The molecular weight excluding hydrogens is 328 g/mol. The predicted molar refractivity (Wildman–Crippen MR) is 116 cm³/mol. The average Bonchev–Trinajstić information content (AvgIpc) is 2.72. The van der Waals surface area contributed by atoms with Crippen LogP contribution in [0.1, 0.15) is 5.56 Å². The lowest BCUT2D eigenvalue weighted by Crippen LogP contribution is -2.10. The van der Waals surface area contributed by atoms with Crippen LogP contribution in [0.15, 0.2) is 109 Å². The molecule has 4 rings (SSSR count). The van der Waals surface area contributed by atoms with Gasteiger partial charge in [0.2, 0.25) is 0 Å². The molecule has 4 aromatic rings. The highest BCUT2D eigenvalue weighted by atomic mass is 15.1. The maximum atomic E-state index is 3.48. The minimum atomic E-state index is 1.06. The molecule has 1 N–H and O–H groups in total.